The van der Waals surface area contributed by atoms with Gasteiger partial charge in [0.1, 0.15) is 11.5 Å². The van der Waals surface area contributed by atoms with Gasteiger partial charge in [-0.1, -0.05) is 19.1 Å². The minimum atomic E-state index is -0.353. The van der Waals surface area contributed by atoms with Crippen molar-refractivity contribution in [2.24, 2.45) is 5.92 Å². The number of methoxy groups -OCH3 is 1. The monoisotopic (exact) mass is 555 g/mol. The number of ether oxygens (including phenoxy) is 3. The van der Waals surface area contributed by atoms with E-state index < -0.39 is 0 Å². The minimum Gasteiger partial charge on any atom is -0.497 e. The van der Waals surface area contributed by atoms with Gasteiger partial charge in [-0.05, 0) is 76.1 Å². The summed E-state index contributed by atoms with van der Waals surface area (Å²) >= 11 is 0. The van der Waals surface area contributed by atoms with Crippen molar-refractivity contribution in [2.75, 3.05) is 59.5 Å². The quantitative estimate of drug-likeness (QED) is 0.507. The van der Waals surface area contributed by atoms with E-state index in [1.54, 1.807) is 12.0 Å². The highest BCUT2D eigenvalue weighted by atomic mass is 16.5. The lowest BCUT2D eigenvalue weighted by molar-refractivity contribution is -0.0177. The Labute approximate surface area is 240 Å². The highest BCUT2D eigenvalue weighted by Crippen LogP contribution is 2.29. The maximum atomic E-state index is 14.1. The van der Waals surface area contributed by atoms with E-state index in [0.717, 1.165) is 43.8 Å². The number of amides is 1. The zero-order valence-electron chi connectivity index (χ0n) is 25.4. The number of benzene rings is 2. The average Bonchev–Trinajstić information content (AvgIpc) is 2.94. The molecule has 0 unspecified atom stereocenters. The van der Waals surface area contributed by atoms with Gasteiger partial charge in [-0.2, -0.15) is 0 Å². The van der Waals surface area contributed by atoms with E-state index >= 15 is 0 Å². The molecule has 0 aliphatic carbocycles. The number of aliphatic hydroxyl groups is 1. The van der Waals surface area contributed by atoms with Crippen molar-refractivity contribution in [1.82, 2.24) is 9.80 Å². The summed E-state index contributed by atoms with van der Waals surface area (Å²) in [5.41, 5.74) is 2.65. The highest BCUT2D eigenvalue weighted by molar-refractivity contribution is 5.98. The normalized spacial score (nSPS) is 21.8. The third-order valence-corrected chi connectivity index (χ3v) is 7.65. The first kappa shape index (κ1) is 31.7. The van der Waals surface area contributed by atoms with E-state index in [0.29, 0.717) is 24.5 Å². The summed E-state index contributed by atoms with van der Waals surface area (Å²) in [4.78, 5) is 20.1. The van der Waals surface area contributed by atoms with E-state index in [-0.39, 0.29) is 36.7 Å². The number of hydrogen-bond acceptors (Lipinski definition) is 7. The van der Waals surface area contributed by atoms with Gasteiger partial charge in [0.05, 0.1) is 37.5 Å². The first-order valence-electron chi connectivity index (χ1n) is 14.5. The molecular weight excluding hydrogens is 506 g/mol. The molecule has 2 aromatic carbocycles. The van der Waals surface area contributed by atoms with E-state index in [1.807, 2.05) is 63.2 Å². The Morgan fingerprint density at radius 1 is 1.10 bits per heavy atom. The molecule has 1 amide bonds. The Kier molecular flexibility index (Phi) is 12.1. The second-order valence-electron chi connectivity index (χ2n) is 11.4. The van der Waals surface area contributed by atoms with Crippen molar-refractivity contribution in [3.63, 3.8) is 0 Å². The first-order valence-corrected chi connectivity index (χ1v) is 14.5. The van der Waals surface area contributed by atoms with Gasteiger partial charge < -0.3 is 29.1 Å². The maximum absolute atomic E-state index is 14.1. The average molecular weight is 556 g/mol. The van der Waals surface area contributed by atoms with Crippen LogP contribution >= 0.6 is 0 Å². The second kappa shape index (κ2) is 15.3. The van der Waals surface area contributed by atoms with Crippen molar-refractivity contribution in [2.45, 2.75) is 64.8 Å². The molecule has 2 aromatic rings. The fraction of sp³-hybridized carbons (Fsp3) is 0.594. The van der Waals surface area contributed by atoms with Gasteiger partial charge in [-0.15, -0.1) is 0 Å². The smallest absolute Gasteiger partial charge is 0.258 e. The van der Waals surface area contributed by atoms with Gasteiger partial charge in [0.2, 0.25) is 0 Å². The highest BCUT2D eigenvalue weighted by Gasteiger charge is 2.30. The molecule has 40 heavy (non-hydrogen) atoms. The van der Waals surface area contributed by atoms with Crippen LogP contribution < -0.4 is 14.4 Å². The Balaban J connectivity index is 1.87. The molecule has 0 aromatic heterocycles. The van der Waals surface area contributed by atoms with Crippen LogP contribution in [0.2, 0.25) is 0 Å². The van der Waals surface area contributed by atoms with Crippen LogP contribution in [-0.2, 0) is 11.3 Å². The number of nitrogens with zero attached hydrogens (tertiary/aromatic N) is 3. The number of aliphatic hydroxyl groups excluding tert-OH is 1. The van der Waals surface area contributed by atoms with Crippen LogP contribution in [0.3, 0.4) is 0 Å². The molecule has 1 aliphatic heterocycles. The molecular formula is C32H49N3O5. The number of carbonyl (C=O) groups excluding carboxylic acids is 1. The summed E-state index contributed by atoms with van der Waals surface area (Å²) in [6.07, 6.45) is 2.70. The predicted octanol–water partition coefficient (Wildman–Crippen LogP) is 4.69. The van der Waals surface area contributed by atoms with Gasteiger partial charge in [0.15, 0.2) is 0 Å². The van der Waals surface area contributed by atoms with Crippen molar-refractivity contribution < 1.29 is 24.1 Å². The van der Waals surface area contributed by atoms with Gasteiger partial charge in [0, 0.05) is 51.9 Å². The van der Waals surface area contributed by atoms with Gasteiger partial charge in [-0.3, -0.25) is 9.69 Å². The lowest BCUT2D eigenvalue weighted by Crippen LogP contribution is -2.47. The number of likely N-dealkylation sites (N-methyl/N-ethyl adjacent to an activating group) is 1. The van der Waals surface area contributed by atoms with Crippen LogP contribution in [-0.4, -0.2) is 93.6 Å². The minimum absolute atomic E-state index is 0.0336. The molecule has 0 bridgehead atoms. The van der Waals surface area contributed by atoms with Crippen LogP contribution in [0.5, 0.6) is 11.5 Å². The lowest BCUT2D eigenvalue weighted by Gasteiger charge is -2.36. The molecule has 0 spiro atoms. The molecule has 1 heterocycles. The van der Waals surface area contributed by atoms with Crippen molar-refractivity contribution in [1.29, 1.82) is 0 Å². The summed E-state index contributed by atoms with van der Waals surface area (Å²) in [5, 5.41) is 10.1. The zero-order chi connectivity index (χ0) is 29.2. The summed E-state index contributed by atoms with van der Waals surface area (Å²) in [5.74, 6) is 1.34. The van der Waals surface area contributed by atoms with Crippen LogP contribution in [0.25, 0.3) is 0 Å². The molecule has 0 saturated carbocycles. The molecule has 4 atom stereocenters. The van der Waals surface area contributed by atoms with Crippen LogP contribution in [0, 0.1) is 5.92 Å². The second-order valence-corrected chi connectivity index (χ2v) is 11.4. The van der Waals surface area contributed by atoms with E-state index in [2.05, 4.69) is 31.0 Å². The molecule has 8 heteroatoms. The van der Waals surface area contributed by atoms with Crippen molar-refractivity contribution in [3.05, 3.63) is 53.6 Å². The summed E-state index contributed by atoms with van der Waals surface area (Å²) in [6, 6.07) is 13.5. The Bertz CT molecular complexity index is 1060. The molecule has 3 rings (SSSR count). The Morgan fingerprint density at radius 3 is 2.48 bits per heavy atom. The largest absolute Gasteiger partial charge is 0.497 e. The van der Waals surface area contributed by atoms with Crippen molar-refractivity contribution in [3.8, 4) is 11.5 Å². The first-order chi connectivity index (χ1) is 19.1. The summed E-state index contributed by atoms with van der Waals surface area (Å²) in [6.45, 7) is 8.57. The molecule has 222 valence electrons. The SMILES string of the molecule is COc1ccc(CN(C)C[C@H]2OCCCC[C@@H](C)Oc3ccc(N(C)C)cc3C(=O)N([C@@H](C)CO)C[C@@H]2C)cc1. The fourth-order valence-electron chi connectivity index (χ4n) is 5.07. The number of rotatable bonds is 8. The van der Waals surface area contributed by atoms with Crippen molar-refractivity contribution >= 4 is 11.6 Å². The summed E-state index contributed by atoms with van der Waals surface area (Å²) in [7, 11) is 7.69. The van der Waals surface area contributed by atoms with Crippen LogP contribution in [0.4, 0.5) is 5.69 Å². The van der Waals surface area contributed by atoms with Gasteiger partial charge >= 0.3 is 0 Å². The van der Waals surface area contributed by atoms with Gasteiger partial charge in [-0.25, -0.2) is 0 Å². The third-order valence-electron chi connectivity index (χ3n) is 7.65. The molecule has 8 nitrogen and oxygen atoms in total. The fourth-order valence-corrected chi connectivity index (χ4v) is 5.07. The topological polar surface area (TPSA) is 74.7 Å². The van der Waals surface area contributed by atoms with E-state index in [1.165, 1.54) is 5.56 Å². The molecule has 1 N–H and O–H groups in total. The molecule has 1 aliphatic rings. The zero-order valence-corrected chi connectivity index (χ0v) is 25.4. The number of hydrogen-bond donors (Lipinski definition) is 1. The standard InChI is InChI=1S/C32H49N3O5/c1-23-19-35(24(2)22-36)32(37)29-18-27(33(4)5)13-16-30(29)40-25(3)10-8-9-17-39-31(23)21-34(6)20-26-11-14-28(38-7)15-12-26/h11-16,18,23-25,31,36H,8-10,17,19-22H2,1-7H3/t23-,24-,25+,31+/m0/s1. The molecule has 0 saturated heterocycles. The number of carbonyl (C=O) groups is 1. The number of anilines is 1. The Hall–Kier alpha value is -2.81. The predicted molar refractivity (Wildman–Crippen MR) is 161 cm³/mol. The van der Waals surface area contributed by atoms with Crippen LogP contribution in [0.1, 0.15) is 56.0 Å². The summed E-state index contributed by atoms with van der Waals surface area (Å²) < 4.78 is 18.1. The third kappa shape index (κ3) is 8.85. The molecule has 0 radical (unpaired) electrons. The van der Waals surface area contributed by atoms with Crippen LogP contribution in [0.15, 0.2) is 42.5 Å². The van der Waals surface area contributed by atoms with Gasteiger partial charge in [0.25, 0.3) is 5.91 Å². The van der Waals surface area contributed by atoms with E-state index in [9.17, 15) is 9.90 Å². The number of fused-ring (bicyclic) bond motifs is 1. The Morgan fingerprint density at radius 2 is 1.82 bits per heavy atom. The van der Waals surface area contributed by atoms with E-state index in [4.69, 9.17) is 14.2 Å². The lowest BCUT2D eigenvalue weighted by atomic mass is 10.0. The molecule has 0 fully saturated rings. The maximum Gasteiger partial charge on any atom is 0.258 e.